The van der Waals surface area contributed by atoms with Crippen molar-refractivity contribution in [2.75, 3.05) is 10.9 Å². The maximum atomic E-state index is 13.3. The van der Waals surface area contributed by atoms with Gasteiger partial charge in [0.1, 0.15) is 5.75 Å². The van der Waals surface area contributed by atoms with E-state index in [2.05, 4.69) is 0 Å². The van der Waals surface area contributed by atoms with E-state index in [-0.39, 0.29) is 10.6 Å². The third-order valence-corrected chi connectivity index (χ3v) is 6.26. The van der Waals surface area contributed by atoms with Gasteiger partial charge in [-0.05, 0) is 61.4 Å². The quantitative estimate of drug-likeness (QED) is 0.455. The molecule has 1 amide bonds. The Balaban J connectivity index is 1.90. The van der Waals surface area contributed by atoms with Gasteiger partial charge in [-0.1, -0.05) is 55.0 Å². The maximum Gasteiger partial charge on any atom is 0.271 e. The zero-order valence-corrected chi connectivity index (χ0v) is 18.4. The van der Waals surface area contributed by atoms with E-state index in [1.54, 1.807) is 48.5 Å². The number of para-hydroxylation sites is 1. The van der Waals surface area contributed by atoms with Crippen molar-refractivity contribution in [3.05, 3.63) is 96.1 Å². The molecule has 31 heavy (non-hydrogen) atoms. The molecule has 3 aromatic rings. The van der Waals surface area contributed by atoms with E-state index in [1.165, 1.54) is 18.2 Å². The highest BCUT2D eigenvalue weighted by Gasteiger charge is 2.29. The van der Waals surface area contributed by atoms with E-state index in [4.69, 9.17) is 4.74 Å². The second-order valence-corrected chi connectivity index (χ2v) is 8.79. The summed E-state index contributed by atoms with van der Waals surface area (Å²) in [6.07, 6.45) is 3.77. The Morgan fingerprint density at radius 3 is 2.19 bits per heavy atom. The Morgan fingerprint density at radius 2 is 1.58 bits per heavy atom. The monoisotopic (exact) mass is 435 g/mol. The number of rotatable bonds is 8. The Hall–Kier alpha value is -3.38. The van der Waals surface area contributed by atoms with Crippen LogP contribution in [0.3, 0.4) is 0 Å². The molecule has 3 aromatic carbocycles. The van der Waals surface area contributed by atoms with Crippen LogP contribution in [0.4, 0.5) is 5.69 Å². The zero-order chi connectivity index (χ0) is 22.3. The summed E-state index contributed by atoms with van der Waals surface area (Å²) in [5, 5.41) is 0. The number of sulfonamides is 1. The van der Waals surface area contributed by atoms with E-state index in [0.29, 0.717) is 6.61 Å². The highest BCUT2D eigenvalue weighted by molar-refractivity contribution is 7.93. The lowest BCUT2D eigenvalue weighted by Crippen LogP contribution is -2.35. The summed E-state index contributed by atoms with van der Waals surface area (Å²) in [6, 6.07) is 22.0. The number of aryl methyl sites for hydroxylation is 1. The number of nitrogens with zero attached hydrogens (tertiary/aromatic N) is 1. The van der Waals surface area contributed by atoms with Gasteiger partial charge in [0.2, 0.25) is 0 Å². The molecule has 0 heterocycles. The van der Waals surface area contributed by atoms with Crippen molar-refractivity contribution in [3.8, 4) is 5.75 Å². The van der Waals surface area contributed by atoms with E-state index < -0.39 is 15.9 Å². The molecular weight excluding hydrogens is 410 g/mol. The van der Waals surface area contributed by atoms with Gasteiger partial charge in [0.15, 0.2) is 0 Å². The standard InChI is InChI=1S/C25H25NO4S/c1-3-19-30-23-14-11-21(12-15-23)13-18-25(27)26(22-7-5-4-6-8-22)31(28,29)24-16-9-20(2)10-17-24/h4-18H,3,19H2,1-2H3/b18-13+. The van der Waals surface area contributed by atoms with Crippen molar-refractivity contribution in [2.45, 2.75) is 25.2 Å². The molecule has 0 spiro atoms. The first kappa shape index (κ1) is 22.3. The summed E-state index contributed by atoms with van der Waals surface area (Å²) in [4.78, 5) is 13.1. The van der Waals surface area contributed by atoms with Crippen LogP contribution in [0.2, 0.25) is 0 Å². The number of hydrogen-bond acceptors (Lipinski definition) is 4. The summed E-state index contributed by atoms with van der Waals surface area (Å²) in [5.74, 6) is 0.0938. The van der Waals surface area contributed by atoms with Gasteiger partial charge in [0.05, 0.1) is 17.2 Å². The van der Waals surface area contributed by atoms with Gasteiger partial charge in [-0.15, -0.1) is 0 Å². The van der Waals surface area contributed by atoms with Gasteiger partial charge in [-0.2, -0.15) is 4.31 Å². The summed E-state index contributed by atoms with van der Waals surface area (Å²) in [5.41, 5.74) is 1.97. The number of amides is 1. The molecule has 3 rings (SSSR count). The Bertz CT molecular complexity index is 1140. The van der Waals surface area contributed by atoms with Crippen molar-refractivity contribution in [1.82, 2.24) is 0 Å². The summed E-state index contributed by atoms with van der Waals surface area (Å²) in [7, 11) is -4.08. The lowest BCUT2D eigenvalue weighted by atomic mass is 10.2. The zero-order valence-electron chi connectivity index (χ0n) is 17.6. The molecule has 0 aliphatic heterocycles. The highest BCUT2D eigenvalue weighted by atomic mass is 32.2. The van der Waals surface area contributed by atoms with Gasteiger partial charge >= 0.3 is 0 Å². The average molecular weight is 436 g/mol. The van der Waals surface area contributed by atoms with Crippen LogP contribution >= 0.6 is 0 Å². The van der Waals surface area contributed by atoms with Gasteiger partial charge in [0, 0.05) is 6.08 Å². The van der Waals surface area contributed by atoms with E-state index in [9.17, 15) is 13.2 Å². The number of hydrogen-bond donors (Lipinski definition) is 0. The molecule has 6 heteroatoms. The highest BCUT2D eigenvalue weighted by Crippen LogP contribution is 2.25. The van der Waals surface area contributed by atoms with Crippen molar-refractivity contribution in [3.63, 3.8) is 0 Å². The van der Waals surface area contributed by atoms with E-state index in [1.807, 2.05) is 38.1 Å². The minimum Gasteiger partial charge on any atom is -0.494 e. The van der Waals surface area contributed by atoms with Crippen LogP contribution in [-0.2, 0) is 14.8 Å². The molecule has 5 nitrogen and oxygen atoms in total. The predicted molar refractivity (Wildman–Crippen MR) is 124 cm³/mol. The molecular formula is C25H25NO4S. The van der Waals surface area contributed by atoms with E-state index >= 15 is 0 Å². The van der Waals surface area contributed by atoms with Crippen molar-refractivity contribution >= 4 is 27.7 Å². The fourth-order valence-electron chi connectivity index (χ4n) is 2.89. The third-order valence-electron chi connectivity index (χ3n) is 4.52. The minimum atomic E-state index is -4.08. The molecule has 160 valence electrons. The second kappa shape index (κ2) is 10.1. The van der Waals surface area contributed by atoms with Crippen molar-refractivity contribution in [2.24, 2.45) is 0 Å². The lowest BCUT2D eigenvalue weighted by Gasteiger charge is -2.21. The van der Waals surface area contributed by atoms with Crippen LogP contribution in [0.1, 0.15) is 24.5 Å². The van der Waals surface area contributed by atoms with Crippen LogP contribution in [0.5, 0.6) is 5.75 Å². The predicted octanol–water partition coefficient (Wildman–Crippen LogP) is 5.22. The minimum absolute atomic E-state index is 0.0566. The van der Waals surface area contributed by atoms with E-state index in [0.717, 1.165) is 27.6 Å². The molecule has 0 saturated heterocycles. The topological polar surface area (TPSA) is 63.7 Å². The number of ether oxygens (including phenoxy) is 1. The second-order valence-electron chi connectivity index (χ2n) is 7.01. The fourth-order valence-corrected chi connectivity index (χ4v) is 4.28. The Kier molecular flexibility index (Phi) is 7.26. The van der Waals surface area contributed by atoms with Crippen LogP contribution in [0, 0.1) is 6.92 Å². The molecule has 0 atom stereocenters. The van der Waals surface area contributed by atoms with Crippen LogP contribution in [-0.4, -0.2) is 20.9 Å². The van der Waals surface area contributed by atoms with Gasteiger partial charge in [-0.3, -0.25) is 4.79 Å². The van der Waals surface area contributed by atoms with Crippen molar-refractivity contribution < 1.29 is 17.9 Å². The lowest BCUT2D eigenvalue weighted by molar-refractivity contribution is -0.113. The molecule has 0 N–H and O–H groups in total. The van der Waals surface area contributed by atoms with Crippen LogP contribution in [0.25, 0.3) is 6.08 Å². The molecule has 0 fully saturated rings. The van der Waals surface area contributed by atoms with Crippen molar-refractivity contribution in [1.29, 1.82) is 0 Å². The fraction of sp³-hybridized carbons (Fsp3) is 0.160. The molecule has 0 aliphatic rings. The first-order valence-electron chi connectivity index (χ1n) is 10.0. The molecule has 0 radical (unpaired) electrons. The summed E-state index contributed by atoms with van der Waals surface area (Å²) in [6.45, 7) is 4.54. The van der Waals surface area contributed by atoms with Gasteiger partial charge in [0.25, 0.3) is 15.9 Å². The average Bonchev–Trinajstić information content (AvgIpc) is 2.78. The number of benzene rings is 3. The Morgan fingerprint density at radius 1 is 0.935 bits per heavy atom. The van der Waals surface area contributed by atoms with Crippen LogP contribution < -0.4 is 9.04 Å². The van der Waals surface area contributed by atoms with Crippen LogP contribution in [0.15, 0.2) is 89.8 Å². The molecule has 0 unspecified atom stereocenters. The first-order chi connectivity index (χ1) is 14.9. The SMILES string of the molecule is CCCOc1ccc(/C=C/C(=O)N(c2ccccc2)S(=O)(=O)c2ccc(C)cc2)cc1. The normalized spacial score (nSPS) is 11.4. The smallest absolute Gasteiger partial charge is 0.271 e. The first-order valence-corrected chi connectivity index (χ1v) is 11.5. The van der Waals surface area contributed by atoms with Gasteiger partial charge in [-0.25, -0.2) is 8.42 Å². The molecule has 0 aromatic heterocycles. The third kappa shape index (κ3) is 5.61. The largest absolute Gasteiger partial charge is 0.494 e. The summed E-state index contributed by atoms with van der Waals surface area (Å²) >= 11 is 0. The number of carbonyl (C=O) groups excluding carboxylic acids is 1. The van der Waals surface area contributed by atoms with Gasteiger partial charge < -0.3 is 4.74 Å². The Labute approximate surface area is 183 Å². The number of carbonyl (C=O) groups is 1. The number of anilines is 1. The summed E-state index contributed by atoms with van der Waals surface area (Å²) < 4.78 is 33.0. The molecule has 0 saturated carbocycles. The molecule has 0 bridgehead atoms. The maximum absolute atomic E-state index is 13.3. The molecule has 0 aliphatic carbocycles.